The monoisotopic (exact) mass is 321 g/mol. The summed E-state index contributed by atoms with van der Waals surface area (Å²) in [5, 5.41) is 26.7. The maximum absolute atomic E-state index is 12.2. The summed E-state index contributed by atoms with van der Waals surface area (Å²) in [6.07, 6.45) is 2.80. The minimum absolute atomic E-state index is 0.0330. The average Bonchev–Trinajstić information content (AvgIpc) is 3.11. The van der Waals surface area contributed by atoms with Crippen LogP contribution >= 0.6 is 11.3 Å². The average molecular weight is 321 g/mol. The lowest BCUT2D eigenvalue weighted by atomic mass is 10.3. The van der Waals surface area contributed by atoms with Crippen molar-refractivity contribution >= 4 is 27.2 Å². The molecule has 3 aromatic heterocycles. The van der Waals surface area contributed by atoms with Gasteiger partial charge in [0.2, 0.25) is 0 Å². The van der Waals surface area contributed by atoms with Gasteiger partial charge in [-0.05, 0) is 11.4 Å². The number of nitrogens with zero attached hydrogens (tertiary/aromatic N) is 5. The molecule has 0 saturated heterocycles. The highest BCUT2D eigenvalue weighted by molar-refractivity contribution is 7.16. The molecule has 1 atom stereocenters. The van der Waals surface area contributed by atoms with Gasteiger partial charge in [0.1, 0.15) is 17.2 Å². The fourth-order valence-corrected chi connectivity index (χ4v) is 2.79. The van der Waals surface area contributed by atoms with Crippen LogP contribution in [0.2, 0.25) is 0 Å². The number of rotatable bonds is 5. The topological polar surface area (TPSA) is 116 Å². The second-order valence-corrected chi connectivity index (χ2v) is 5.57. The molecule has 0 aromatic carbocycles. The van der Waals surface area contributed by atoms with Gasteiger partial charge in [0, 0.05) is 0 Å². The third-order valence-electron chi connectivity index (χ3n) is 3.09. The predicted octanol–water partition coefficient (Wildman–Crippen LogP) is 0.624. The summed E-state index contributed by atoms with van der Waals surface area (Å²) < 4.78 is 2.59. The molecule has 0 aliphatic rings. The van der Waals surface area contributed by atoms with Gasteiger partial charge >= 0.3 is 5.69 Å². The molecule has 0 saturated carbocycles. The number of hydrogen-bond acceptors (Lipinski definition) is 7. The molecule has 3 rings (SSSR count). The number of hydrogen-bond donors (Lipinski definition) is 1. The Morgan fingerprint density at radius 2 is 2.27 bits per heavy atom. The summed E-state index contributed by atoms with van der Waals surface area (Å²) in [5.74, 6) is 0. The maximum Gasteiger partial charge on any atom is 0.306 e. The van der Waals surface area contributed by atoms with Gasteiger partial charge in [0.05, 0.1) is 35.8 Å². The van der Waals surface area contributed by atoms with Gasteiger partial charge in [0.15, 0.2) is 0 Å². The van der Waals surface area contributed by atoms with E-state index in [0.717, 1.165) is 6.20 Å². The van der Waals surface area contributed by atoms with Crippen LogP contribution in [0, 0.1) is 10.1 Å². The van der Waals surface area contributed by atoms with Crippen LogP contribution in [0.5, 0.6) is 0 Å². The van der Waals surface area contributed by atoms with Crippen molar-refractivity contribution in [2.75, 3.05) is 0 Å². The maximum atomic E-state index is 12.2. The number of aliphatic hydroxyl groups is 1. The van der Waals surface area contributed by atoms with Gasteiger partial charge in [0.25, 0.3) is 5.56 Å². The predicted molar refractivity (Wildman–Crippen MR) is 78.8 cm³/mol. The summed E-state index contributed by atoms with van der Waals surface area (Å²) in [6, 6.07) is 1.69. The van der Waals surface area contributed by atoms with Crippen LogP contribution in [-0.4, -0.2) is 35.5 Å². The zero-order valence-electron chi connectivity index (χ0n) is 11.2. The summed E-state index contributed by atoms with van der Waals surface area (Å²) >= 11 is 1.37. The highest BCUT2D eigenvalue weighted by Gasteiger charge is 2.14. The fourth-order valence-electron chi connectivity index (χ4n) is 2.07. The highest BCUT2D eigenvalue weighted by Crippen LogP contribution is 2.13. The van der Waals surface area contributed by atoms with Crippen molar-refractivity contribution in [1.82, 2.24) is 19.3 Å². The van der Waals surface area contributed by atoms with E-state index in [1.165, 1.54) is 33.1 Å². The largest absolute Gasteiger partial charge is 0.389 e. The third kappa shape index (κ3) is 2.73. The molecule has 1 unspecified atom stereocenters. The van der Waals surface area contributed by atoms with Crippen LogP contribution < -0.4 is 5.56 Å². The number of nitro groups is 1. The molecule has 0 spiro atoms. The van der Waals surface area contributed by atoms with Crippen molar-refractivity contribution in [1.29, 1.82) is 0 Å². The molecule has 9 nitrogen and oxygen atoms in total. The van der Waals surface area contributed by atoms with E-state index < -0.39 is 11.0 Å². The van der Waals surface area contributed by atoms with Crippen LogP contribution in [0.1, 0.15) is 0 Å². The molecular weight excluding hydrogens is 310 g/mol. The summed E-state index contributed by atoms with van der Waals surface area (Å²) in [5.41, 5.74) is -0.373. The van der Waals surface area contributed by atoms with Gasteiger partial charge in [-0.25, -0.2) is 4.98 Å². The Labute approximate surface area is 127 Å². The van der Waals surface area contributed by atoms with Crippen molar-refractivity contribution in [2.24, 2.45) is 0 Å². The van der Waals surface area contributed by atoms with Crippen molar-refractivity contribution < 1.29 is 10.0 Å². The van der Waals surface area contributed by atoms with Gasteiger partial charge < -0.3 is 5.11 Å². The number of aromatic nitrogens is 4. The Balaban J connectivity index is 1.74. The van der Waals surface area contributed by atoms with Crippen LogP contribution in [0.15, 0.2) is 35.0 Å². The van der Waals surface area contributed by atoms with Gasteiger partial charge in [-0.2, -0.15) is 5.10 Å². The molecule has 1 N–H and O–H groups in total. The van der Waals surface area contributed by atoms with Crippen molar-refractivity contribution in [3.8, 4) is 0 Å². The first-order valence-electron chi connectivity index (χ1n) is 6.32. The molecule has 0 radical (unpaired) electrons. The Hall–Kier alpha value is -2.59. The standard InChI is InChI=1S/C12H11N5O4S/c18-9(6-16-4-8(3-14-16)17(20)21)5-15-7-13-11-10(12(15)19)1-2-22-11/h1-4,7,9,18H,5-6H2. The van der Waals surface area contributed by atoms with E-state index in [1.807, 2.05) is 0 Å². The zero-order valence-corrected chi connectivity index (χ0v) is 12.0. The highest BCUT2D eigenvalue weighted by atomic mass is 32.1. The normalized spacial score (nSPS) is 12.6. The second kappa shape index (κ2) is 5.66. The molecule has 0 bridgehead atoms. The smallest absolute Gasteiger partial charge is 0.306 e. The van der Waals surface area contributed by atoms with E-state index in [1.54, 1.807) is 11.4 Å². The van der Waals surface area contributed by atoms with E-state index >= 15 is 0 Å². The Morgan fingerprint density at radius 3 is 3.00 bits per heavy atom. The molecule has 0 aliphatic heterocycles. The minimum atomic E-state index is -0.921. The molecular formula is C12H11N5O4S. The Morgan fingerprint density at radius 1 is 1.45 bits per heavy atom. The first-order valence-corrected chi connectivity index (χ1v) is 7.20. The molecule has 10 heteroatoms. The van der Waals surface area contributed by atoms with E-state index in [9.17, 15) is 20.0 Å². The van der Waals surface area contributed by atoms with Crippen molar-refractivity contribution in [2.45, 2.75) is 19.2 Å². The van der Waals surface area contributed by atoms with E-state index in [0.29, 0.717) is 10.2 Å². The molecule has 0 aliphatic carbocycles. The molecule has 3 heterocycles. The molecule has 114 valence electrons. The van der Waals surface area contributed by atoms with Gasteiger partial charge in [-0.3, -0.25) is 24.2 Å². The van der Waals surface area contributed by atoms with Crippen molar-refractivity contribution in [3.05, 3.63) is 50.6 Å². The molecule has 0 fully saturated rings. The first kappa shape index (κ1) is 14.4. The Kier molecular flexibility index (Phi) is 3.69. The van der Waals surface area contributed by atoms with Crippen LogP contribution in [-0.2, 0) is 13.1 Å². The third-order valence-corrected chi connectivity index (χ3v) is 3.91. The summed E-state index contributed by atoms with van der Waals surface area (Å²) in [7, 11) is 0. The minimum Gasteiger partial charge on any atom is -0.389 e. The molecule has 22 heavy (non-hydrogen) atoms. The Bertz CT molecular complexity index is 883. The first-order chi connectivity index (χ1) is 10.5. The van der Waals surface area contributed by atoms with E-state index in [-0.39, 0.29) is 24.3 Å². The van der Waals surface area contributed by atoms with Crippen LogP contribution in [0.25, 0.3) is 10.2 Å². The quantitative estimate of drug-likeness (QED) is 0.544. The lowest BCUT2D eigenvalue weighted by Crippen LogP contribution is -2.29. The fraction of sp³-hybridized carbons (Fsp3) is 0.250. The molecule has 0 amide bonds. The van der Waals surface area contributed by atoms with Crippen LogP contribution in [0.4, 0.5) is 5.69 Å². The number of aliphatic hydroxyl groups excluding tert-OH is 1. The van der Waals surface area contributed by atoms with Crippen LogP contribution in [0.3, 0.4) is 0 Å². The van der Waals surface area contributed by atoms with Crippen molar-refractivity contribution in [3.63, 3.8) is 0 Å². The SMILES string of the molecule is O=c1c2ccsc2ncn1CC(O)Cn1cc([N+](=O)[O-])cn1. The molecule has 3 aromatic rings. The van der Waals surface area contributed by atoms with E-state index in [4.69, 9.17) is 0 Å². The van der Waals surface area contributed by atoms with Gasteiger partial charge in [-0.15, -0.1) is 11.3 Å². The summed E-state index contributed by atoms with van der Waals surface area (Å²) in [4.78, 5) is 27.0. The number of fused-ring (bicyclic) bond motifs is 1. The second-order valence-electron chi connectivity index (χ2n) is 4.67. The van der Waals surface area contributed by atoms with E-state index in [2.05, 4.69) is 10.1 Å². The zero-order chi connectivity index (χ0) is 15.7. The lowest BCUT2D eigenvalue weighted by Gasteiger charge is -2.12. The number of thiophene rings is 1. The van der Waals surface area contributed by atoms with Gasteiger partial charge in [-0.1, -0.05) is 0 Å². The summed E-state index contributed by atoms with van der Waals surface area (Å²) in [6.45, 7) is 0.0766. The lowest BCUT2D eigenvalue weighted by molar-refractivity contribution is -0.385.